The van der Waals surface area contributed by atoms with Crippen molar-refractivity contribution in [3.63, 3.8) is 0 Å². The van der Waals surface area contributed by atoms with Crippen molar-refractivity contribution < 1.29 is 9.53 Å². The fraction of sp³-hybridized carbons (Fsp3) is 0.421. The van der Waals surface area contributed by atoms with Crippen molar-refractivity contribution in [2.45, 2.75) is 40.2 Å². The predicted molar refractivity (Wildman–Crippen MR) is 99.0 cm³/mol. The summed E-state index contributed by atoms with van der Waals surface area (Å²) in [6.07, 6.45) is 1.41. The Morgan fingerprint density at radius 2 is 1.88 bits per heavy atom. The van der Waals surface area contributed by atoms with Crippen molar-refractivity contribution in [3.05, 3.63) is 50.3 Å². The first-order chi connectivity index (χ1) is 12.0. The van der Waals surface area contributed by atoms with Crippen LogP contribution in [0.15, 0.2) is 33.9 Å². The van der Waals surface area contributed by atoms with E-state index in [0.29, 0.717) is 31.2 Å². The van der Waals surface area contributed by atoms with Gasteiger partial charge in [0.05, 0.1) is 6.61 Å². The molecule has 6 nitrogen and oxygen atoms in total. The molecule has 0 bridgehead atoms. The second-order valence-electron chi connectivity index (χ2n) is 6.07. The van der Waals surface area contributed by atoms with Crippen LogP contribution in [-0.4, -0.2) is 12.5 Å². The number of nitrogens with one attached hydrogen (secondary N) is 2. The molecule has 0 heterocycles. The molecule has 0 fully saturated rings. The van der Waals surface area contributed by atoms with Gasteiger partial charge in [-0.05, 0) is 24.5 Å². The van der Waals surface area contributed by atoms with Gasteiger partial charge in [-0.3, -0.25) is 14.4 Å². The van der Waals surface area contributed by atoms with Crippen molar-refractivity contribution in [2.75, 3.05) is 17.2 Å². The molecule has 0 aliphatic rings. The highest BCUT2D eigenvalue weighted by molar-refractivity contribution is 5.91. The van der Waals surface area contributed by atoms with Gasteiger partial charge in [-0.25, -0.2) is 0 Å². The van der Waals surface area contributed by atoms with Crippen molar-refractivity contribution >= 4 is 17.3 Å². The molecule has 1 atom stereocenters. The van der Waals surface area contributed by atoms with Crippen LogP contribution in [-0.2, 0) is 11.3 Å². The lowest BCUT2D eigenvalue weighted by Crippen LogP contribution is -2.35. The second-order valence-corrected chi connectivity index (χ2v) is 6.07. The molecule has 2 aromatic carbocycles. The SMILES string of the molecule is CCOc1c(NCc2ccccc2NC(=O)CC(C)CC)c(=O)c1=O. The van der Waals surface area contributed by atoms with E-state index in [-0.39, 0.29) is 17.3 Å². The third-order valence-corrected chi connectivity index (χ3v) is 4.13. The highest BCUT2D eigenvalue weighted by Gasteiger charge is 2.22. The first kappa shape index (κ1) is 18.7. The maximum Gasteiger partial charge on any atom is 0.272 e. The monoisotopic (exact) mass is 344 g/mol. The molecule has 0 aromatic heterocycles. The Morgan fingerprint density at radius 3 is 2.56 bits per heavy atom. The summed E-state index contributed by atoms with van der Waals surface area (Å²) in [5, 5.41) is 5.86. The molecule has 0 radical (unpaired) electrons. The minimum absolute atomic E-state index is 0.0362. The van der Waals surface area contributed by atoms with Gasteiger partial charge in [0.15, 0.2) is 5.75 Å². The zero-order valence-electron chi connectivity index (χ0n) is 14.8. The van der Waals surface area contributed by atoms with E-state index >= 15 is 0 Å². The van der Waals surface area contributed by atoms with E-state index in [9.17, 15) is 14.4 Å². The van der Waals surface area contributed by atoms with Crippen molar-refractivity contribution in [1.29, 1.82) is 0 Å². The Kier molecular flexibility index (Phi) is 6.33. The zero-order valence-corrected chi connectivity index (χ0v) is 14.8. The van der Waals surface area contributed by atoms with Crippen LogP contribution in [0.5, 0.6) is 5.75 Å². The van der Waals surface area contributed by atoms with Crippen molar-refractivity contribution in [3.8, 4) is 5.75 Å². The van der Waals surface area contributed by atoms with Crippen LogP contribution in [0, 0.1) is 5.92 Å². The summed E-state index contributed by atoms with van der Waals surface area (Å²) in [5.41, 5.74) is 0.560. The number of amides is 1. The fourth-order valence-corrected chi connectivity index (χ4v) is 2.46. The first-order valence-corrected chi connectivity index (χ1v) is 8.55. The molecule has 1 amide bonds. The van der Waals surface area contributed by atoms with Crippen LogP contribution >= 0.6 is 0 Å². The minimum Gasteiger partial charge on any atom is -0.488 e. The largest absolute Gasteiger partial charge is 0.488 e. The van der Waals surface area contributed by atoms with Gasteiger partial charge in [0.1, 0.15) is 5.69 Å². The Bertz CT molecular complexity index is 806. The molecule has 0 aliphatic heterocycles. The predicted octanol–water partition coefficient (Wildman–Crippen LogP) is 2.67. The highest BCUT2D eigenvalue weighted by Crippen LogP contribution is 2.21. The maximum atomic E-state index is 12.1. The number of anilines is 2. The quantitative estimate of drug-likeness (QED) is 0.683. The summed E-state index contributed by atoms with van der Waals surface area (Å²) >= 11 is 0. The number of hydrogen-bond acceptors (Lipinski definition) is 5. The summed E-state index contributed by atoms with van der Waals surface area (Å²) in [4.78, 5) is 35.3. The minimum atomic E-state index is -0.598. The normalized spacial score (nSPS) is 12.0. The highest BCUT2D eigenvalue weighted by atomic mass is 16.5. The van der Waals surface area contributed by atoms with Crippen molar-refractivity contribution in [2.24, 2.45) is 5.92 Å². The van der Waals surface area contributed by atoms with Gasteiger partial charge in [-0.1, -0.05) is 38.5 Å². The molecular formula is C19H24N2O4. The molecular weight excluding hydrogens is 320 g/mol. The summed E-state index contributed by atoms with van der Waals surface area (Å²) in [6, 6.07) is 7.37. The lowest BCUT2D eigenvalue weighted by molar-refractivity contribution is -0.117. The molecule has 0 saturated carbocycles. The van der Waals surface area contributed by atoms with E-state index in [4.69, 9.17) is 4.74 Å². The Labute approximate surface area is 146 Å². The first-order valence-electron chi connectivity index (χ1n) is 8.55. The molecule has 134 valence electrons. The van der Waals surface area contributed by atoms with Gasteiger partial charge in [0, 0.05) is 18.7 Å². The number of para-hydroxylation sites is 1. The fourth-order valence-electron chi connectivity index (χ4n) is 2.46. The average molecular weight is 344 g/mol. The van der Waals surface area contributed by atoms with Crippen LogP contribution < -0.4 is 26.2 Å². The molecule has 1 unspecified atom stereocenters. The second kappa shape index (κ2) is 8.46. The Hall–Kier alpha value is -2.63. The summed E-state index contributed by atoms with van der Waals surface area (Å²) in [5.74, 6) is 0.375. The molecule has 0 spiro atoms. The number of benzene rings is 1. The van der Waals surface area contributed by atoms with Crippen LogP contribution in [0.2, 0.25) is 0 Å². The lowest BCUT2D eigenvalue weighted by atomic mass is 10.0. The zero-order chi connectivity index (χ0) is 18.4. The van der Waals surface area contributed by atoms with Gasteiger partial charge in [0.2, 0.25) is 5.91 Å². The lowest BCUT2D eigenvalue weighted by Gasteiger charge is -2.16. The molecule has 2 N–H and O–H groups in total. The van der Waals surface area contributed by atoms with Crippen LogP contribution in [0.3, 0.4) is 0 Å². The van der Waals surface area contributed by atoms with Crippen molar-refractivity contribution in [1.82, 2.24) is 0 Å². The summed E-state index contributed by atoms with van der Waals surface area (Å²) in [7, 11) is 0. The molecule has 2 aromatic rings. The molecule has 0 aliphatic carbocycles. The number of carbonyl (C=O) groups excluding carboxylic acids is 1. The van der Waals surface area contributed by atoms with Gasteiger partial charge in [-0.15, -0.1) is 0 Å². The standard InChI is InChI=1S/C19H24N2O4/c1-4-12(3)10-15(22)21-14-9-7-6-8-13(14)11-20-16-17(23)18(24)19(16)25-5-2/h6-9,12,20H,4-5,10-11H2,1-3H3,(H,21,22). The summed E-state index contributed by atoms with van der Waals surface area (Å²) < 4.78 is 5.19. The molecule has 0 saturated heterocycles. The number of rotatable bonds is 9. The van der Waals surface area contributed by atoms with E-state index in [2.05, 4.69) is 17.6 Å². The third-order valence-electron chi connectivity index (χ3n) is 4.13. The molecule has 2 rings (SSSR count). The van der Waals surface area contributed by atoms with Gasteiger partial charge in [0.25, 0.3) is 10.9 Å². The van der Waals surface area contributed by atoms with E-state index in [0.717, 1.165) is 12.0 Å². The van der Waals surface area contributed by atoms with Crippen LogP contribution in [0.1, 0.15) is 39.2 Å². The van der Waals surface area contributed by atoms with E-state index < -0.39 is 10.9 Å². The van der Waals surface area contributed by atoms with Gasteiger partial charge in [-0.2, -0.15) is 0 Å². The average Bonchev–Trinajstić information content (AvgIpc) is 2.61. The Balaban J connectivity index is 2.06. The third kappa shape index (κ3) is 4.47. The molecule has 6 heteroatoms. The number of ether oxygens (including phenoxy) is 1. The number of carbonyl (C=O) groups is 1. The van der Waals surface area contributed by atoms with Crippen LogP contribution in [0.4, 0.5) is 11.4 Å². The summed E-state index contributed by atoms with van der Waals surface area (Å²) in [6.45, 7) is 6.47. The maximum absolute atomic E-state index is 12.1. The number of hydrogen-bond donors (Lipinski definition) is 2. The Morgan fingerprint density at radius 1 is 1.16 bits per heavy atom. The topological polar surface area (TPSA) is 84.5 Å². The van der Waals surface area contributed by atoms with Gasteiger partial charge < -0.3 is 15.4 Å². The molecule has 25 heavy (non-hydrogen) atoms. The van der Waals surface area contributed by atoms with E-state index in [1.165, 1.54) is 0 Å². The van der Waals surface area contributed by atoms with E-state index in [1.54, 1.807) is 6.92 Å². The van der Waals surface area contributed by atoms with Gasteiger partial charge >= 0.3 is 0 Å². The van der Waals surface area contributed by atoms with Crippen LogP contribution in [0.25, 0.3) is 0 Å². The smallest absolute Gasteiger partial charge is 0.272 e. The van der Waals surface area contributed by atoms with E-state index in [1.807, 2.05) is 31.2 Å².